The summed E-state index contributed by atoms with van der Waals surface area (Å²) in [5.74, 6) is 6.92. The van der Waals surface area contributed by atoms with Gasteiger partial charge in [0.1, 0.15) is 0 Å². The van der Waals surface area contributed by atoms with Crippen molar-refractivity contribution in [3.63, 3.8) is 0 Å². The summed E-state index contributed by atoms with van der Waals surface area (Å²) < 4.78 is 1.99. The van der Waals surface area contributed by atoms with Gasteiger partial charge in [-0.15, -0.1) is 21.5 Å². The molecule has 0 aromatic carbocycles. The molecule has 0 saturated heterocycles. The number of rotatable bonds is 5. The number of aliphatic hydroxyl groups excluding tert-OH is 1. The molecule has 0 atom stereocenters. The molecule has 0 fully saturated rings. The number of hydrogen-bond acceptors (Lipinski definition) is 7. The molecule has 100 valence electrons. The second kappa shape index (κ2) is 7.92. The van der Waals surface area contributed by atoms with Crippen LogP contribution in [-0.2, 0) is 5.75 Å². The summed E-state index contributed by atoms with van der Waals surface area (Å²) in [6.45, 7) is 0.115. The second-order valence-corrected chi connectivity index (χ2v) is 7.61. The molecule has 0 aliphatic rings. The normalized spacial score (nSPS) is 10.2. The smallest absolute Gasteiger partial charge is 0.175 e. The molecular formula is C12H12N2OS4. The zero-order valence-corrected chi connectivity index (χ0v) is 13.5. The zero-order chi connectivity index (χ0) is 13.5. The maximum Gasteiger partial charge on any atom is 0.175 e. The lowest BCUT2D eigenvalue weighted by Gasteiger charge is -1.95. The average molecular weight is 329 g/mol. The van der Waals surface area contributed by atoms with Crippen LogP contribution >= 0.6 is 46.2 Å². The lowest BCUT2D eigenvalue weighted by atomic mass is 10.2. The molecule has 0 amide bonds. The molecule has 0 spiro atoms. The van der Waals surface area contributed by atoms with E-state index in [2.05, 4.69) is 22.0 Å². The summed E-state index contributed by atoms with van der Waals surface area (Å²) in [5, 5.41) is 19.0. The van der Waals surface area contributed by atoms with E-state index in [0.29, 0.717) is 6.42 Å². The van der Waals surface area contributed by atoms with E-state index in [9.17, 15) is 0 Å². The van der Waals surface area contributed by atoms with Crippen LogP contribution in [0.1, 0.15) is 16.9 Å². The van der Waals surface area contributed by atoms with Crippen molar-refractivity contribution in [3.8, 4) is 11.8 Å². The van der Waals surface area contributed by atoms with Gasteiger partial charge in [-0.25, -0.2) is 0 Å². The minimum atomic E-state index is 0.115. The summed E-state index contributed by atoms with van der Waals surface area (Å²) >= 11 is 6.64. The van der Waals surface area contributed by atoms with Crippen molar-refractivity contribution in [3.05, 3.63) is 21.9 Å². The van der Waals surface area contributed by atoms with Crippen molar-refractivity contribution in [1.82, 2.24) is 10.2 Å². The van der Waals surface area contributed by atoms with E-state index in [4.69, 9.17) is 5.11 Å². The maximum absolute atomic E-state index is 8.72. The van der Waals surface area contributed by atoms with E-state index in [1.54, 1.807) is 46.2 Å². The predicted octanol–water partition coefficient (Wildman–Crippen LogP) is 3.35. The summed E-state index contributed by atoms with van der Waals surface area (Å²) in [6, 6.07) is 2.03. The van der Waals surface area contributed by atoms with Crippen molar-refractivity contribution >= 4 is 46.2 Å². The number of hydrogen-bond donors (Lipinski definition) is 1. The highest BCUT2D eigenvalue weighted by Gasteiger charge is 2.07. The molecule has 0 unspecified atom stereocenters. The van der Waals surface area contributed by atoms with Crippen LogP contribution < -0.4 is 0 Å². The summed E-state index contributed by atoms with van der Waals surface area (Å²) in [5.41, 5.74) is 1.06. The molecule has 0 bridgehead atoms. The Morgan fingerprint density at radius 2 is 2.21 bits per heavy atom. The molecule has 19 heavy (non-hydrogen) atoms. The van der Waals surface area contributed by atoms with Crippen LogP contribution in [0.5, 0.6) is 0 Å². The standard InChI is InChI=1S/C12H12N2OS4/c1-16-11-13-14-12(19-11)18-8-10-9(5-7-17-10)4-2-3-6-15/h5,7,15H,3,6,8H2,1H3. The number of aromatic nitrogens is 2. The maximum atomic E-state index is 8.72. The molecule has 1 N–H and O–H groups in total. The molecule has 0 saturated carbocycles. The Bertz CT molecular complexity index is 582. The van der Waals surface area contributed by atoms with E-state index in [1.807, 2.05) is 17.7 Å². The molecule has 3 nitrogen and oxygen atoms in total. The summed E-state index contributed by atoms with van der Waals surface area (Å²) in [7, 11) is 0. The van der Waals surface area contributed by atoms with Gasteiger partial charge in [0, 0.05) is 22.6 Å². The van der Waals surface area contributed by atoms with E-state index in [1.165, 1.54) is 4.88 Å². The Labute approximate surface area is 128 Å². The predicted molar refractivity (Wildman–Crippen MR) is 84.2 cm³/mol. The summed E-state index contributed by atoms with van der Waals surface area (Å²) in [6.07, 6.45) is 2.53. The van der Waals surface area contributed by atoms with Gasteiger partial charge < -0.3 is 5.11 Å². The van der Waals surface area contributed by atoms with E-state index >= 15 is 0 Å². The second-order valence-electron chi connectivity index (χ2n) is 3.36. The fourth-order valence-corrected chi connectivity index (χ4v) is 4.63. The highest BCUT2D eigenvalue weighted by molar-refractivity contribution is 8.02. The van der Waals surface area contributed by atoms with Crippen LogP contribution in [0.4, 0.5) is 0 Å². The minimum absolute atomic E-state index is 0.115. The minimum Gasteiger partial charge on any atom is -0.395 e. The molecule has 7 heteroatoms. The Morgan fingerprint density at radius 3 is 2.95 bits per heavy atom. The van der Waals surface area contributed by atoms with Crippen LogP contribution in [0, 0.1) is 11.8 Å². The quantitative estimate of drug-likeness (QED) is 0.674. The first-order valence-electron chi connectivity index (χ1n) is 5.50. The van der Waals surface area contributed by atoms with Gasteiger partial charge in [-0.3, -0.25) is 0 Å². The molecule has 0 aliphatic heterocycles. The summed E-state index contributed by atoms with van der Waals surface area (Å²) in [4.78, 5) is 1.25. The topological polar surface area (TPSA) is 46.0 Å². The van der Waals surface area contributed by atoms with Crippen LogP contribution in [0.25, 0.3) is 0 Å². The Hall–Kier alpha value is -0.520. The largest absolute Gasteiger partial charge is 0.395 e. The first-order chi connectivity index (χ1) is 9.33. The SMILES string of the molecule is CSc1nnc(SCc2sccc2C#CCCO)s1. The first-order valence-corrected chi connectivity index (χ1v) is 9.40. The van der Waals surface area contributed by atoms with Crippen LogP contribution in [-0.4, -0.2) is 28.2 Å². The molecule has 0 aliphatic carbocycles. The number of aliphatic hydroxyl groups is 1. The highest BCUT2D eigenvalue weighted by Crippen LogP contribution is 2.31. The van der Waals surface area contributed by atoms with Crippen LogP contribution in [0.2, 0.25) is 0 Å². The fourth-order valence-electron chi connectivity index (χ4n) is 1.24. The Morgan fingerprint density at radius 1 is 1.37 bits per heavy atom. The molecule has 0 radical (unpaired) electrons. The lowest BCUT2D eigenvalue weighted by Crippen LogP contribution is -1.81. The number of nitrogens with zero attached hydrogens (tertiary/aromatic N) is 2. The lowest BCUT2D eigenvalue weighted by molar-refractivity contribution is 0.305. The van der Waals surface area contributed by atoms with Gasteiger partial charge in [-0.05, 0) is 17.7 Å². The van der Waals surface area contributed by atoms with E-state index in [-0.39, 0.29) is 6.61 Å². The first kappa shape index (κ1) is 14.9. The number of thiophene rings is 1. The van der Waals surface area contributed by atoms with Gasteiger partial charge in [0.25, 0.3) is 0 Å². The highest BCUT2D eigenvalue weighted by atomic mass is 32.2. The van der Waals surface area contributed by atoms with Crippen molar-refractivity contribution < 1.29 is 5.11 Å². The van der Waals surface area contributed by atoms with Gasteiger partial charge in [-0.1, -0.05) is 46.7 Å². The van der Waals surface area contributed by atoms with Crippen molar-refractivity contribution in [2.75, 3.05) is 12.9 Å². The Balaban J connectivity index is 1.96. The molecule has 2 aromatic rings. The van der Waals surface area contributed by atoms with Gasteiger partial charge in [0.05, 0.1) is 6.61 Å². The number of thioether (sulfide) groups is 2. The third-order valence-electron chi connectivity index (χ3n) is 2.09. The fraction of sp³-hybridized carbons (Fsp3) is 0.333. The Kier molecular flexibility index (Phi) is 6.20. The monoisotopic (exact) mass is 328 g/mol. The van der Waals surface area contributed by atoms with Gasteiger partial charge >= 0.3 is 0 Å². The van der Waals surface area contributed by atoms with Crippen LogP contribution in [0.15, 0.2) is 20.1 Å². The van der Waals surface area contributed by atoms with Gasteiger partial charge in [-0.2, -0.15) is 0 Å². The van der Waals surface area contributed by atoms with Crippen molar-refractivity contribution in [2.24, 2.45) is 0 Å². The molecule has 2 rings (SSSR count). The molecular weight excluding hydrogens is 316 g/mol. The van der Waals surface area contributed by atoms with Crippen molar-refractivity contribution in [1.29, 1.82) is 0 Å². The van der Waals surface area contributed by atoms with Gasteiger partial charge in [0.15, 0.2) is 8.68 Å². The third kappa shape index (κ3) is 4.51. The van der Waals surface area contributed by atoms with Crippen LogP contribution in [0.3, 0.4) is 0 Å². The zero-order valence-electron chi connectivity index (χ0n) is 10.3. The van der Waals surface area contributed by atoms with Gasteiger partial charge in [0.2, 0.25) is 0 Å². The average Bonchev–Trinajstić information content (AvgIpc) is 3.05. The third-order valence-corrected chi connectivity index (χ3v) is 6.26. The van der Waals surface area contributed by atoms with E-state index in [0.717, 1.165) is 20.0 Å². The van der Waals surface area contributed by atoms with Crippen molar-refractivity contribution in [2.45, 2.75) is 20.9 Å². The molecule has 2 heterocycles. The van der Waals surface area contributed by atoms with E-state index < -0.39 is 0 Å². The molecule has 2 aromatic heterocycles.